The van der Waals surface area contributed by atoms with Gasteiger partial charge in [0.2, 0.25) is 0 Å². The van der Waals surface area contributed by atoms with Crippen molar-refractivity contribution in [3.05, 3.63) is 28.2 Å². The van der Waals surface area contributed by atoms with Gasteiger partial charge in [-0.3, -0.25) is 0 Å². The maximum Gasteiger partial charge on any atom is 1.00 e. The summed E-state index contributed by atoms with van der Waals surface area (Å²) in [4.78, 5) is 0. The van der Waals surface area contributed by atoms with Crippen LogP contribution in [0.1, 0.15) is 11.0 Å². The Morgan fingerprint density at radius 2 is 2.06 bits per heavy atom. The zero-order valence-electron chi connectivity index (χ0n) is 8.68. The second kappa shape index (κ2) is 6.34. The normalized spacial score (nSPS) is 12.8. The number of ether oxygens (including phenoxy) is 1. The van der Waals surface area contributed by atoms with Crippen molar-refractivity contribution >= 4 is 26.0 Å². The van der Waals surface area contributed by atoms with Gasteiger partial charge in [0.05, 0.1) is 7.11 Å². The van der Waals surface area contributed by atoms with Crippen molar-refractivity contribution in [2.75, 3.05) is 7.11 Å². The van der Waals surface area contributed by atoms with E-state index in [0.717, 1.165) is 0 Å². The second-order valence-electron chi connectivity index (χ2n) is 2.73. The fourth-order valence-corrected chi connectivity index (χ4v) is 2.11. The van der Waals surface area contributed by atoms with E-state index in [-0.39, 0.29) is 35.1 Å². The molecule has 0 fully saturated rings. The summed E-state index contributed by atoms with van der Waals surface area (Å²) in [5, 5.41) is 9.27. The Balaban J connectivity index is 0.00000225. The quantitative estimate of drug-likeness (QED) is 0.514. The van der Waals surface area contributed by atoms with Crippen molar-refractivity contribution in [2.45, 2.75) is 5.44 Å². The minimum Gasteiger partial charge on any atom is -0.746 e. The van der Waals surface area contributed by atoms with Gasteiger partial charge in [0.25, 0.3) is 0 Å². The predicted molar refractivity (Wildman–Crippen MR) is 55.4 cm³/mol. The predicted octanol–water partition coefficient (Wildman–Crippen LogP) is -2.00. The summed E-state index contributed by atoms with van der Waals surface area (Å²) in [7, 11) is -3.39. The van der Waals surface area contributed by atoms with E-state index in [1.54, 1.807) is 6.07 Å². The summed E-state index contributed by atoms with van der Waals surface area (Å²) < 4.78 is 37.0. The number of halogens is 1. The molecule has 8 heteroatoms. The van der Waals surface area contributed by atoms with E-state index in [4.69, 9.17) is 4.74 Å². The maximum absolute atomic E-state index is 10.6. The zero-order valence-corrected chi connectivity index (χ0v) is 13.1. The first-order valence-electron chi connectivity index (χ1n) is 3.82. The van der Waals surface area contributed by atoms with Gasteiger partial charge in [0, 0.05) is 10.0 Å². The van der Waals surface area contributed by atoms with Gasteiger partial charge >= 0.3 is 29.6 Å². The Labute approximate surface area is 124 Å². The third-order valence-corrected chi connectivity index (χ3v) is 3.27. The monoisotopic (exact) mass is 318 g/mol. The van der Waals surface area contributed by atoms with Crippen LogP contribution in [-0.4, -0.2) is 25.2 Å². The van der Waals surface area contributed by atoms with Crippen molar-refractivity contribution < 1.29 is 52.4 Å². The fraction of sp³-hybridized carbons (Fsp3) is 0.250. The van der Waals surface area contributed by atoms with Crippen LogP contribution in [-0.2, 0) is 10.1 Å². The Morgan fingerprint density at radius 3 is 2.50 bits per heavy atom. The van der Waals surface area contributed by atoms with E-state index in [1.807, 2.05) is 0 Å². The van der Waals surface area contributed by atoms with Gasteiger partial charge < -0.3 is 14.4 Å². The van der Waals surface area contributed by atoms with Crippen LogP contribution in [0.15, 0.2) is 22.7 Å². The maximum atomic E-state index is 10.6. The number of aliphatic hydroxyl groups excluding tert-OH is 1. The minimum atomic E-state index is -4.78. The number of benzene rings is 1. The Kier molecular flexibility index (Phi) is 6.49. The molecule has 16 heavy (non-hydrogen) atoms. The molecule has 0 bridgehead atoms. The summed E-state index contributed by atoms with van der Waals surface area (Å²) in [6.45, 7) is 0. The van der Waals surface area contributed by atoms with Crippen LogP contribution < -0.4 is 34.3 Å². The third kappa shape index (κ3) is 3.99. The van der Waals surface area contributed by atoms with Gasteiger partial charge in [-0.15, -0.1) is 0 Å². The topological polar surface area (TPSA) is 86.7 Å². The molecule has 0 saturated heterocycles. The summed E-state index contributed by atoms with van der Waals surface area (Å²) >= 11 is 3.03. The molecule has 84 valence electrons. The molecule has 1 N–H and O–H groups in total. The number of hydrogen-bond acceptors (Lipinski definition) is 5. The van der Waals surface area contributed by atoms with Crippen LogP contribution in [0, 0.1) is 0 Å². The Bertz CT molecular complexity index is 461. The van der Waals surface area contributed by atoms with Crippen molar-refractivity contribution in [3.8, 4) is 5.75 Å². The van der Waals surface area contributed by atoms with E-state index in [9.17, 15) is 18.1 Å². The summed E-state index contributed by atoms with van der Waals surface area (Å²) in [6, 6.07) is 4.34. The SMILES string of the molecule is COc1ccc(Br)c(C(O)S(=O)(=O)[O-])c1.[Na+]. The fourth-order valence-electron chi connectivity index (χ4n) is 0.994. The van der Waals surface area contributed by atoms with Crippen LogP contribution >= 0.6 is 15.9 Å². The van der Waals surface area contributed by atoms with Crippen molar-refractivity contribution in [1.29, 1.82) is 0 Å². The van der Waals surface area contributed by atoms with E-state index < -0.39 is 15.6 Å². The number of aliphatic hydroxyl groups is 1. The van der Waals surface area contributed by atoms with Gasteiger partial charge in [0.15, 0.2) is 5.44 Å². The average Bonchev–Trinajstić information content (AvgIpc) is 2.16. The molecule has 1 aromatic rings. The molecule has 1 rings (SSSR count). The molecule has 1 aromatic carbocycles. The molecule has 0 aromatic heterocycles. The summed E-state index contributed by atoms with van der Waals surface area (Å²) in [5.41, 5.74) is -2.13. The molecule has 0 spiro atoms. The molecule has 0 radical (unpaired) electrons. The van der Waals surface area contributed by atoms with Crippen LogP contribution in [0.3, 0.4) is 0 Å². The van der Waals surface area contributed by atoms with Crippen molar-refractivity contribution in [3.63, 3.8) is 0 Å². The van der Waals surface area contributed by atoms with Crippen LogP contribution in [0.5, 0.6) is 5.75 Å². The van der Waals surface area contributed by atoms with Gasteiger partial charge in [-0.25, -0.2) is 8.42 Å². The van der Waals surface area contributed by atoms with Crippen LogP contribution in [0.4, 0.5) is 0 Å². The van der Waals surface area contributed by atoms with E-state index in [2.05, 4.69) is 15.9 Å². The van der Waals surface area contributed by atoms with Gasteiger partial charge in [-0.05, 0) is 18.2 Å². The molecule has 0 aliphatic carbocycles. The number of methoxy groups -OCH3 is 1. The smallest absolute Gasteiger partial charge is 0.746 e. The van der Waals surface area contributed by atoms with Crippen LogP contribution in [0.25, 0.3) is 0 Å². The molecule has 0 heterocycles. The standard InChI is InChI=1S/C8H9BrO5S.Na/c1-14-5-2-3-7(9)6(4-5)8(10)15(11,12)13;/h2-4,8,10H,1H3,(H,11,12,13);/q;+1/p-1. The minimum absolute atomic E-state index is 0. The van der Waals surface area contributed by atoms with Crippen LogP contribution in [0.2, 0.25) is 0 Å². The zero-order chi connectivity index (χ0) is 11.6. The van der Waals surface area contributed by atoms with E-state index >= 15 is 0 Å². The molecule has 1 unspecified atom stereocenters. The first-order valence-corrected chi connectivity index (χ1v) is 6.09. The molecule has 0 saturated carbocycles. The van der Waals surface area contributed by atoms with E-state index in [0.29, 0.717) is 10.2 Å². The largest absolute Gasteiger partial charge is 1.00 e. The van der Waals surface area contributed by atoms with Crippen molar-refractivity contribution in [1.82, 2.24) is 0 Å². The summed E-state index contributed by atoms with van der Waals surface area (Å²) in [6.07, 6.45) is 0. The second-order valence-corrected chi connectivity index (χ2v) is 5.02. The van der Waals surface area contributed by atoms with Crippen molar-refractivity contribution in [2.24, 2.45) is 0 Å². The first kappa shape index (κ1) is 16.4. The van der Waals surface area contributed by atoms with Gasteiger partial charge in [-0.1, -0.05) is 15.9 Å². The molecular weight excluding hydrogens is 311 g/mol. The molecular formula is C8H8BrNaO5S. The molecule has 5 nitrogen and oxygen atoms in total. The number of hydrogen-bond donors (Lipinski definition) is 1. The van der Waals surface area contributed by atoms with E-state index in [1.165, 1.54) is 19.2 Å². The van der Waals surface area contributed by atoms with Gasteiger partial charge in [-0.2, -0.15) is 0 Å². The Morgan fingerprint density at radius 1 is 1.50 bits per heavy atom. The Hall–Kier alpha value is 0.370. The molecule has 1 atom stereocenters. The molecule has 0 aliphatic heterocycles. The molecule has 0 aliphatic rings. The summed E-state index contributed by atoms with van der Waals surface area (Å²) in [5.74, 6) is 0.357. The first-order chi connectivity index (χ1) is 6.86. The average molecular weight is 319 g/mol. The van der Waals surface area contributed by atoms with Gasteiger partial charge in [0.1, 0.15) is 15.9 Å². The molecule has 0 amide bonds. The third-order valence-electron chi connectivity index (χ3n) is 1.74. The number of rotatable bonds is 3.